The number of aromatic carboxylic acids is 1. The molecule has 0 saturated carbocycles. The number of nitrogens with zero attached hydrogens (tertiary/aromatic N) is 2. The molecule has 0 radical (unpaired) electrons. The second kappa shape index (κ2) is 6.06. The molecule has 0 spiro atoms. The van der Waals surface area contributed by atoms with Gasteiger partial charge in [0.15, 0.2) is 0 Å². The van der Waals surface area contributed by atoms with Crippen molar-refractivity contribution in [1.82, 2.24) is 4.98 Å². The van der Waals surface area contributed by atoms with Crippen LogP contribution in [0.25, 0.3) is 0 Å². The van der Waals surface area contributed by atoms with Crippen LogP contribution in [-0.2, 0) is 0 Å². The molecule has 0 amide bonds. The maximum atomic E-state index is 11.0. The number of nitro groups is 1. The molecule has 21 heavy (non-hydrogen) atoms. The normalized spacial score (nSPS) is 10.2. The Balaban J connectivity index is 2.46. The van der Waals surface area contributed by atoms with Gasteiger partial charge in [-0.15, -0.1) is 0 Å². The fourth-order valence-electron chi connectivity index (χ4n) is 1.53. The van der Waals surface area contributed by atoms with Gasteiger partial charge >= 0.3 is 11.7 Å². The van der Waals surface area contributed by atoms with Crippen molar-refractivity contribution >= 4 is 50.7 Å². The van der Waals surface area contributed by atoms with E-state index in [1.807, 2.05) is 0 Å². The number of hydrogen-bond donors (Lipinski definition) is 2. The quantitative estimate of drug-likeness (QED) is 0.624. The Bertz CT molecular complexity index is 738. The average Bonchev–Trinajstić information content (AvgIpc) is 2.42. The van der Waals surface area contributed by atoms with Crippen molar-refractivity contribution in [3.63, 3.8) is 0 Å². The zero-order valence-corrected chi connectivity index (χ0v) is 12.6. The molecule has 2 rings (SSSR count). The molecule has 2 N–H and O–H groups in total. The van der Waals surface area contributed by atoms with Crippen molar-refractivity contribution in [2.45, 2.75) is 0 Å². The number of carbonyl (C=O) groups is 1. The van der Waals surface area contributed by atoms with Crippen molar-refractivity contribution < 1.29 is 14.8 Å². The first-order valence-corrected chi connectivity index (χ1v) is 6.65. The molecule has 1 aromatic carbocycles. The molecular formula is C12H7BrClN3O4. The number of aromatic nitrogens is 1. The third-order valence-electron chi connectivity index (χ3n) is 2.49. The molecule has 9 heteroatoms. The number of rotatable bonds is 4. The zero-order valence-electron chi connectivity index (χ0n) is 10.2. The van der Waals surface area contributed by atoms with Crippen LogP contribution in [0.2, 0.25) is 5.02 Å². The largest absolute Gasteiger partial charge is 0.478 e. The van der Waals surface area contributed by atoms with Gasteiger partial charge in [0.25, 0.3) is 0 Å². The Morgan fingerprint density at radius 2 is 2.14 bits per heavy atom. The van der Waals surface area contributed by atoms with E-state index in [9.17, 15) is 14.9 Å². The summed E-state index contributed by atoms with van der Waals surface area (Å²) in [5.41, 5.74) is -0.316. The molecule has 0 aliphatic heterocycles. The maximum Gasteiger partial charge on any atom is 0.337 e. The molecule has 0 bridgehead atoms. The van der Waals surface area contributed by atoms with Crippen molar-refractivity contribution in [3.8, 4) is 0 Å². The van der Waals surface area contributed by atoms with E-state index in [1.54, 1.807) is 18.2 Å². The highest BCUT2D eigenvalue weighted by atomic mass is 79.9. The molecular weight excluding hydrogens is 366 g/mol. The zero-order chi connectivity index (χ0) is 15.6. The van der Waals surface area contributed by atoms with Crippen molar-refractivity contribution in [2.75, 3.05) is 5.32 Å². The van der Waals surface area contributed by atoms with Gasteiger partial charge < -0.3 is 10.4 Å². The van der Waals surface area contributed by atoms with Gasteiger partial charge in [-0.3, -0.25) is 10.1 Å². The summed E-state index contributed by atoms with van der Waals surface area (Å²) in [5.74, 6) is -1.39. The molecule has 0 saturated heterocycles. The smallest absolute Gasteiger partial charge is 0.337 e. The number of halogens is 2. The fourth-order valence-corrected chi connectivity index (χ4v) is 2.05. The van der Waals surface area contributed by atoms with Crippen LogP contribution in [0, 0.1) is 10.1 Å². The lowest BCUT2D eigenvalue weighted by Crippen LogP contribution is -2.04. The van der Waals surface area contributed by atoms with Gasteiger partial charge in [0.05, 0.1) is 21.2 Å². The Morgan fingerprint density at radius 3 is 2.76 bits per heavy atom. The van der Waals surface area contributed by atoms with E-state index in [2.05, 4.69) is 26.2 Å². The van der Waals surface area contributed by atoms with Gasteiger partial charge in [-0.25, -0.2) is 9.78 Å². The van der Waals surface area contributed by atoms with Crippen LogP contribution < -0.4 is 5.32 Å². The van der Waals surface area contributed by atoms with Crippen LogP contribution in [-0.4, -0.2) is 21.0 Å². The minimum absolute atomic E-state index is 0.0926. The second-order valence-corrected chi connectivity index (χ2v) is 5.23. The number of carboxylic acids is 1. The van der Waals surface area contributed by atoms with Gasteiger partial charge in [-0.1, -0.05) is 27.5 Å². The molecule has 0 aliphatic carbocycles. The molecule has 108 valence electrons. The molecule has 0 fully saturated rings. The maximum absolute atomic E-state index is 11.0. The number of carboxylic acid groups (broad SMARTS) is 1. The van der Waals surface area contributed by atoms with E-state index in [0.717, 1.165) is 16.7 Å². The summed E-state index contributed by atoms with van der Waals surface area (Å²) < 4.78 is 0.721. The molecule has 1 heterocycles. The Morgan fingerprint density at radius 1 is 1.43 bits per heavy atom. The molecule has 2 aromatic rings. The first-order valence-electron chi connectivity index (χ1n) is 5.48. The predicted octanol–water partition coefficient (Wildman–Crippen LogP) is 3.85. The van der Waals surface area contributed by atoms with Crippen LogP contribution in [0.5, 0.6) is 0 Å². The van der Waals surface area contributed by atoms with Crippen LogP contribution in [0.3, 0.4) is 0 Å². The van der Waals surface area contributed by atoms with Crippen molar-refractivity contribution in [1.29, 1.82) is 0 Å². The fraction of sp³-hybridized carbons (Fsp3) is 0. The third-order valence-corrected chi connectivity index (χ3v) is 3.32. The van der Waals surface area contributed by atoms with E-state index in [4.69, 9.17) is 16.7 Å². The SMILES string of the molecule is O=C(O)c1cnc(Nc2cc(Br)ccc2Cl)c([N+](=O)[O-])c1. The van der Waals surface area contributed by atoms with Crippen molar-refractivity contribution in [2.24, 2.45) is 0 Å². The van der Waals surface area contributed by atoms with Gasteiger partial charge in [-0.2, -0.15) is 0 Å². The van der Waals surface area contributed by atoms with E-state index in [1.165, 1.54) is 0 Å². The summed E-state index contributed by atoms with van der Waals surface area (Å²) in [6, 6.07) is 5.87. The Hall–Kier alpha value is -2.19. The highest BCUT2D eigenvalue weighted by Crippen LogP contribution is 2.31. The minimum Gasteiger partial charge on any atom is -0.478 e. The van der Waals surface area contributed by atoms with E-state index in [0.29, 0.717) is 10.7 Å². The first-order chi connectivity index (χ1) is 9.88. The number of anilines is 2. The topological polar surface area (TPSA) is 105 Å². The first kappa shape index (κ1) is 15.2. The minimum atomic E-state index is -1.29. The summed E-state index contributed by atoms with van der Waals surface area (Å²) in [7, 11) is 0. The Kier molecular flexibility index (Phi) is 4.39. The number of pyridine rings is 1. The van der Waals surface area contributed by atoms with Crippen LogP contribution in [0.15, 0.2) is 34.9 Å². The standard InChI is InChI=1S/C12H7BrClN3O4/c13-7-1-2-8(14)9(4-7)16-11-10(17(20)21)3-6(5-15-11)12(18)19/h1-5H,(H,15,16)(H,18,19). The van der Waals surface area contributed by atoms with E-state index in [-0.39, 0.29) is 11.4 Å². The van der Waals surface area contributed by atoms with Crippen LogP contribution in [0.4, 0.5) is 17.2 Å². The van der Waals surface area contributed by atoms with Gasteiger partial charge in [0.2, 0.25) is 5.82 Å². The highest BCUT2D eigenvalue weighted by Gasteiger charge is 2.19. The van der Waals surface area contributed by atoms with Gasteiger partial charge in [0.1, 0.15) is 0 Å². The van der Waals surface area contributed by atoms with Crippen LogP contribution >= 0.6 is 27.5 Å². The van der Waals surface area contributed by atoms with Gasteiger partial charge in [-0.05, 0) is 18.2 Å². The second-order valence-electron chi connectivity index (χ2n) is 3.90. The van der Waals surface area contributed by atoms with Crippen molar-refractivity contribution in [3.05, 3.63) is 55.6 Å². The average molecular weight is 373 g/mol. The monoisotopic (exact) mass is 371 g/mol. The number of nitrogens with one attached hydrogen (secondary N) is 1. The lowest BCUT2D eigenvalue weighted by molar-refractivity contribution is -0.384. The number of hydrogen-bond acceptors (Lipinski definition) is 5. The van der Waals surface area contributed by atoms with Crippen LogP contribution in [0.1, 0.15) is 10.4 Å². The van der Waals surface area contributed by atoms with Gasteiger partial charge in [0, 0.05) is 16.7 Å². The summed E-state index contributed by atoms with van der Waals surface area (Å²) >= 11 is 9.24. The molecule has 0 unspecified atom stereocenters. The van der Waals surface area contributed by atoms with E-state index < -0.39 is 16.6 Å². The highest BCUT2D eigenvalue weighted by molar-refractivity contribution is 9.10. The molecule has 0 atom stereocenters. The summed E-state index contributed by atoms with van der Waals surface area (Å²) in [5, 5.41) is 22.9. The lowest BCUT2D eigenvalue weighted by Gasteiger charge is -2.08. The summed E-state index contributed by atoms with van der Waals surface area (Å²) in [4.78, 5) is 24.9. The lowest BCUT2D eigenvalue weighted by atomic mass is 10.2. The molecule has 7 nitrogen and oxygen atoms in total. The number of benzene rings is 1. The predicted molar refractivity (Wildman–Crippen MR) is 80.3 cm³/mol. The summed E-state index contributed by atoms with van der Waals surface area (Å²) in [6.45, 7) is 0. The van der Waals surface area contributed by atoms with E-state index >= 15 is 0 Å². The summed E-state index contributed by atoms with van der Waals surface area (Å²) in [6.07, 6.45) is 1.03. The molecule has 1 aromatic heterocycles. The molecule has 0 aliphatic rings. The Labute approximate surface area is 131 Å². The third kappa shape index (κ3) is 3.47.